The van der Waals surface area contributed by atoms with Crippen LogP contribution in [0, 0.1) is 6.92 Å². The number of pyridine rings is 2. The Hall–Kier alpha value is -4.67. The first-order valence-electron chi connectivity index (χ1n) is 10.6. The number of carbonyl (C=O) groups is 2. The van der Waals surface area contributed by atoms with Gasteiger partial charge in [-0.15, -0.1) is 0 Å². The number of nitrogens with zero attached hydrogens (tertiary/aromatic N) is 4. The van der Waals surface area contributed by atoms with Crippen LogP contribution in [0.15, 0.2) is 67.3 Å². The highest BCUT2D eigenvalue weighted by atomic mass is 19.4. The lowest BCUT2D eigenvalue weighted by molar-refractivity contribution is -0.141. The second kappa shape index (κ2) is 9.90. The third kappa shape index (κ3) is 5.69. The van der Waals surface area contributed by atoms with Crippen molar-refractivity contribution in [3.8, 4) is 22.5 Å². The lowest BCUT2D eigenvalue weighted by atomic mass is 10.0. The first kappa shape index (κ1) is 24.5. The number of anilines is 2. The maximum absolute atomic E-state index is 12.7. The van der Waals surface area contributed by atoms with Crippen LogP contribution in [-0.4, -0.2) is 31.8 Å². The molecular weight excluding hydrogens is 473 g/mol. The number of nitrogens with one attached hydrogen (secondary N) is 2. The topological polar surface area (TPSA) is 110 Å². The summed E-state index contributed by atoms with van der Waals surface area (Å²) in [5.74, 6) is -0.472. The van der Waals surface area contributed by atoms with E-state index in [0.29, 0.717) is 34.0 Å². The van der Waals surface area contributed by atoms with Gasteiger partial charge in [0.15, 0.2) is 0 Å². The maximum atomic E-state index is 12.7. The molecule has 3 aromatic heterocycles. The van der Waals surface area contributed by atoms with E-state index in [1.807, 2.05) is 6.92 Å². The van der Waals surface area contributed by atoms with Crippen LogP contribution in [0.3, 0.4) is 0 Å². The number of benzene rings is 1. The largest absolute Gasteiger partial charge is 0.433 e. The van der Waals surface area contributed by atoms with Gasteiger partial charge in [-0.1, -0.05) is 6.07 Å². The molecule has 2 N–H and O–H groups in total. The summed E-state index contributed by atoms with van der Waals surface area (Å²) in [5.41, 5.74) is 2.67. The molecule has 4 aromatic rings. The fourth-order valence-corrected chi connectivity index (χ4v) is 3.35. The summed E-state index contributed by atoms with van der Waals surface area (Å²) in [6.07, 6.45) is 0.999. The zero-order chi connectivity index (χ0) is 25.9. The predicted molar refractivity (Wildman–Crippen MR) is 127 cm³/mol. The molecule has 182 valence electrons. The molecule has 0 atom stereocenters. The smallest absolute Gasteiger partial charge is 0.322 e. The number of aromatic nitrogens is 4. The highest BCUT2D eigenvalue weighted by molar-refractivity contribution is 6.04. The van der Waals surface area contributed by atoms with Crippen molar-refractivity contribution in [2.24, 2.45) is 0 Å². The number of hydrogen-bond acceptors (Lipinski definition) is 6. The molecule has 0 fully saturated rings. The number of rotatable bonds is 5. The SMILES string of the molecule is CC(=O)Nc1cc(-c2cncc(-c3cc(NC(=O)c4ccc(C(F)(F)F)nc4)ccc3C)n2)ccn1. The minimum Gasteiger partial charge on any atom is -0.322 e. The highest BCUT2D eigenvalue weighted by Crippen LogP contribution is 2.29. The second-order valence-electron chi connectivity index (χ2n) is 7.81. The van der Waals surface area contributed by atoms with Crippen molar-refractivity contribution < 1.29 is 22.8 Å². The van der Waals surface area contributed by atoms with Crippen LogP contribution in [0.5, 0.6) is 0 Å². The molecule has 0 aliphatic rings. The van der Waals surface area contributed by atoms with E-state index in [2.05, 4.69) is 30.6 Å². The van der Waals surface area contributed by atoms with E-state index in [1.54, 1.807) is 48.9 Å². The van der Waals surface area contributed by atoms with Crippen molar-refractivity contribution >= 4 is 23.3 Å². The van der Waals surface area contributed by atoms with Crippen molar-refractivity contribution in [1.29, 1.82) is 0 Å². The Labute approximate surface area is 203 Å². The molecule has 1 aromatic carbocycles. The molecule has 0 saturated heterocycles. The van der Waals surface area contributed by atoms with Gasteiger partial charge in [-0.3, -0.25) is 19.6 Å². The lowest BCUT2D eigenvalue weighted by Crippen LogP contribution is -2.14. The molecule has 4 rings (SSSR count). The quantitative estimate of drug-likeness (QED) is 0.399. The predicted octanol–water partition coefficient (Wildman–Crippen LogP) is 5.14. The van der Waals surface area contributed by atoms with Crippen molar-refractivity contribution in [2.75, 3.05) is 10.6 Å². The van der Waals surface area contributed by atoms with E-state index >= 15 is 0 Å². The van der Waals surface area contributed by atoms with Gasteiger partial charge in [0, 0.05) is 36.1 Å². The second-order valence-corrected chi connectivity index (χ2v) is 7.81. The van der Waals surface area contributed by atoms with Crippen molar-refractivity contribution in [3.05, 3.63) is 84.1 Å². The zero-order valence-electron chi connectivity index (χ0n) is 19.1. The van der Waals surface area contributed by atoms with E-state index in [0.717, 1.165) is 23.9 Å². The van der Waals surface area contributed by atoms with E-state index in [4.69, 9.17) is 0 Å². The summed E-state index contributed by atoms with van der Waals surface area (Å²) in [7, 11) is 0. The summed E-state index contributed by atoms with van der Waals surface area (Å²) in [4.78, 5) is 40.3. The summed E-state index contributed by atoms with van der Waals surface area (Å²) in [5, 5.41) is 5.29. The van der Waals surface area contributed by atoms with Crippen LogP contribution in [0.1, 0.15) is 28.5 Å². The highest BCUT2D eigenvalue weighted by Gasteiger charge is 2.32. The monoisotopic (exact) mass is 492 g/mol. The van der Waals surface area contributed by atoms with Crippen LogP contribution in [0.4, 0.5) is 24.7 Å². The number of carbonyl (C=O) groups excluding carboxylic acids is 2. The first-order valence-corrected chi connectivity index (χ1v) is 10.6. The van der Waals surface area contributed by atoms with Crippen LogP contribution in [0.25, 0.3) is 22.5 Å². The van der Waals surface area contributed by atoms with E-state index < -0.39 is 17.8 Å². The zero-order valence-corrected chi connectivity index (χ0v) is 19.1. The van der Waals surface area contributed by atoms with Crippen LogP contribution >= 0.6 is 0 Å². The molecular formula is C25H19F3N6O2. The molecule has 0 aliphatic carbocycles. The number of alkyl halides is 3. The van der Waals surface area contributed by atoms with Gasteiger partial charge in [0.25, 0.3) is 5.91 Å². The molecule has 0 radical (unpaired) electrons. The average Bonchev–Trinajstić information content (AvgIpc) is 2.84. The normalized spacial score (nSPS) is 11.1. The van der Waals surface area contributed by atoms with Gasteiger partial charge in [0.05, 0.1) is 29.3 Å². The van der Waals surface area contributed by atoms with Crippen molar-refractivity contribution in [1.82, 2.24) is 19.9 Å². The number of aryl methyl sites for hydroxylation is 1. The van der Waals surface area contributed by atoms with Gasteiger partial charge >= 0.3 is 6.18 Å². The Bertz CT molecular complexity index is 1440. The van der Waals surface area contributed by atoms with Gasteiger partial charge < -0.3 is 10.6 Å². The van der Waals surface area contributed by atoms with Crippen LogP contribution in [-0.2, 0) is 11.0 Å². The van der Waals surface area contributed by atoms with Crippen molar-refractivity contribution in [2.45, 2.75) is 20.0 Å². The summed E-state index contributed by atoms with van der Waals surface area (Å²) >= 11 is 0. The Balaban J connectivity index is 1.59. The lowest BCUT2D eigenvalue weighted by Gasteiger charge is -2.11. The standard InChI is InChI=1S/C25H19F3N6O2/c1-14-3-5-18(33-24(36)17-4-6-22(31-11-17)25(26,27)28)10-19(14)21-13-29-12-20(34-21)16-7-8-30-23(9-16)32-15(2)35/h3-13H,1-2H3,(H,33,36)(H,30,32,35). The molecule has 0 spiro atoms. The summed E-state index contributed by atoms with van der Waals surface area (Å²) in [6, 6.07) is 10.4. The van der Waals surface area contributed by atoms with Crippen LogP contribution in [0.2, 0.25) is 0 Å². The first-order chi connectivity index (χ1) is 17.1. The van der Waals surface area contributed by atoms with E-state index in [-0.39, 0.29) is 11.5 Å². The average molecular weight is 492 g/mol. The third-order valence-electron chi connectivity index (χ3n) is 5.08. The van der Waals surface area contributed by atoms with Gasteiger partial charge in [-0.25, -0.2) is 9.97 Å². The Morgan fingerprint density at radius 1 is 0.889 bits per heavy atom. The van der Waals surface area contributed by atoms with Gasteiger partial charge in [0.1, 0.15) is 11.5 Å². The van der Waals surface area contributed by atoms with Crippen LogP contribution < -0.4 is 10.6 Å². The number of hydrogen-bond donors (Lipinski definition) is 2. The minimum absolute atomic E-state index is 0.0143. The van der Waals surface area contributed by atoms with Gasteiger partial charge in [-0.05, 0) is 48.9 Å². The summed E-state index contributed by atoms with van der Waals surface area (Å²) < 4.78 is 38.2. The molecule has 0 unspecified atom stereocenters. The van der Waals surface area contributed by atoms with Gasteiger partial charge in [-0.2, -0.15) is 13.2 Å². The molecule has 36 heavy (non-hydrogen) atoms. The molecule has 0 saturated carbocycles. The fraction of sp³-hybridized carbons (Fsp3) is 0.120. The minimum atomic E-state index is -4.59. The Morgan fingerprint density at radius 2 is 1.67 bits per heavy atom. The Morgan fingerprint density at radius 3 is 2.36 bits per heavy atom. The molecule has 3 heterocycles. The Kier molecular flexibility index (Phi) is 6.73. The number of amides is 2. The molecule has 2 amide bonds. The molecule has 11 heteroatoms. The molecule has 0 bridgehead atoms. The van der Waals surface area contributed by atoms with Gasteiger partial charge in [0.2, 0.25) is 5.91 Å². The van der Waals surface area contributed by atoms with Crippen molar-refractivity contribution in [3.63, 3.8) is 0 Å². The number of halogens is 3. The summed E-state index contributed by atoms with van der Waals surface area (Å²) in [6.45, 7) is 3.26. The van der Waals surface area contributed by atoms with E-state index in [1.165, 1.54) is 6.92 Å². The third-order valence-corrected chi connectivity index (χ3v) is 5.08. The fourth-order valence-electron chi connectivity index (χ4n) is 3.35. The molecule has 0 aliphatic heterocycles. The molecule has 8 nitrogen and oxygen atoms in total. The maximum Gasteiger partial charge on any atom is 0.433 e. The van der Waals surface area contributed by atoms with E-state index in [9.17, 15) is 22.8 Å².